The van der Waals surface area contributed by atoms with Crippen molar-refractivity contribution in [2.45, 2.75) is 13.3 Å². The van der Waals surface area contributed by atoms with Crippen LogP contribution in [-0.2, 0) is 15.0 Å². The predicted molar refractivity (Wildman–Crippen MR) is 78.6 cm³/mol. The summed E-state index contributed by atoms with van der Waals surface area (Å²) in [6, 6.07) is 2.95. The fourth-order valence-corrected chi connectivity index (χ4v) is 2.73. The molecule has 0 amide bonds. The summed E-state index contributed by atoms with van der Waals surface area (Å²) in [5, 5.41) is 9.13. The lowest BCUT2D eigenvalue weighted by molar-refractivity contribution is -0.137. The zero-order valence-corrected chi connectivity index (χ0v) is 13.2. The van der Waals surface area contributed by atoms with Gasteiger partial charge in [-0.1, -0.05) is 23.2 Å². The quantitative estimate of drug-likeness (QED) is 0.832. The van der Waals surface area contributed by atoms with E-state index in [4.69, 9.17) is 28.3 Å². The second-order valence-electron chi connectivity index (χ2n) is 4.15. The van der Waals surface area contributed by atoms with Gasteiger partial charge in [0, 0.05) is 18.6 Å². The Kier molecular flexibility index (Phi) is 5.64. The topological polar surface area (TPSA) is 86.7 Å². The number of aliphatic carboxylic acids is 1. The third kappa shape index (κ3) is 4.52. The first-order valence-electron chi connectivity index (χ1n) is 5.55. The second-order valence-corrected chi connectivity index (χ2v) is 6.75. The van der Waals surface area contributed by atoms with Gasteiger partial charge < -0.3 is 5.11 Å². The molecule has 0 aliphatic carbocycles. The van der Waals surface area contributed by atoms with Crippen molar-refractivity contribution in [1.29, 1.82) is 0 Å². The maximum atomic E-state index is 12.0. The third-order valence-electron chi connectivity index (χ3n) is 2.54. The highest BCUT2D eigenvalue weighted by Crippen LogP contribution is 2.29. The molecule has 0 radical (unpaired) electrons. The number of carboxylic acids is 1. The molecule has 0 saturated heterocycles. The van der Waals surface area contributed by atoms with Gasteiger partial charge in [-0.3, -0.25) is 9.52 Å². The molecular formula is C11H14Cl2N2O4S. The minimum Gasteiger partial charge on any atom is -0.481 e. The number of halogens is 2. The molecule has 20 heavy (non-hydrogen) atoms. The van der Waals surface area contributed by atoms with Gasteiger partial charge in [-0.25, -0.2) is 0 Å². The lowest BCUT2D eigenvalue weighted by Crippen LogP contribution is -2.34. The summed E-state index contributed by atoms with van der Waals surface area (Å²) in [6.07, 6.45) is -0.292. The van der Waals surface area contributed by atoms with E-state index in [9.17, 15) is 13.2 Å². The molecule has 6 nitrogen and oxygen atoms in total. The molecule has 2 N–H and O–H groups in total. The third-order valence-corrected chi connectivity index (χ3v) is 4.74. The molecule has 0 heterocycles. The van der Waals surface area contributed by atoms with Crippen molar-refractivity contribution in [2.24, 2.45) is 0 Å². The van der Waals surface area contributed by atoms with Gasteiger partial charge >= 0.3 is 16.2 Å². The predicted octanol–water partition coefficient (Wildman–Crippen LogP) is 2.37. The van der Waals surface area contributed by atoms with Gasteiger partial charge in [0.15, 0.2) is 0 Å². The molecule has 0 fully saturated rings. The average molecular weight is 341 g/mol. The van der Waals surface area contributed by atoms with E-state index >= 15 is 0 Å². The van der Waals surface area contributed by atoms with Crippen molar-refractivity contribution >= 4 is 45.1 Å². The summed E-state index contributed by atoms with van der Waals surface area (Å²) in [5.74, 6) is -1.08. The van der Waals surface area contributed by atoms with Crippen LogP contribution >= 0.6 is 23.2 Å². The Morgan fingerprint density at radius 2 is 1.95 bits per heavy atom. The van der Waals surface area contributed by atoms with Crippen LogP contribution in [0.25, 0.3) is 0 Å². The zero-order chi connectivity index (χ0) is 15.5. The molecule has 0 atom stereocenters. The van der Waals surface area contributed by atoms with Gasteiger partial charge in [-0.2, -0.15) is 12.7 Å². The maximum Gasteiger partial charge on any atom is 0.304 e. The van der Waals surface area contributed by atoms with E-state index in [2.05, 4.69) is 4.72 Å². The van der Waals surface area contributed by atoms with Crippen molar-refractivity contribution in [3.05, 3.63) is 27.7 Å². The molecule has 0 aliphatic rings. The Labute approximate surface area is 127 Å². The molecule has 0 saturated carbocycles. The van der Waals surface area contributed by atoms with Crippen LogP contribution in [0.1, 0.15) is 12.0 Å². The van der Waals surface area contributed by atoms with Gasteiger partial charge in [0.2, 0.25) is 0 Å². The summed E-state index contributed by atoms with van der Waals surface area (Å²) < 4.78 is 27.1. The first-order valence-corrected chi connectivity index (χ1v) is 7.74. The van der Waals surface area contributed by atoms with Gasteiger partial charge in [-0.05, 0) is 24.6 Å². The highest BCUT2D eigenvalue weighted by Gasteiger charge is 2.20. The molecule has 0 aromatic heterocycles. The van der Waals surface area contributed by atoms with Crippen molar-refractivity contribution in [1.82, 2.24) is 4.31 Å². The molecule has 1 rings (SSSR count). The summed E-state index contributed by atoms with van der Waals surface area (Å²) in [7, 11) is -2.61. The van der Waals surface area contributed by atoms with E-state index in [1.165, 1.54) is 13.1 Å². The molecule has 0 bridgehead atoms. The number of benzene rings is 1. The average Bonchev–Trinajstić information content (AvgIpc) is 2.32. The smallest absolute Gasteiger partial charge is 0.304 e. The van der Waals surface area contributed by atoms with E-state index in [0.717, 1.165) is 9.87 Å². The van der Waals surface area contributed by atoms with Crippen LogP contribution in [0.4, 0.5) is 5.69 Å². The fourth-order valence-electron chi connectivity index (χ4n) is 1.31. The van der Waals surface area contributed by atoms with Crippen LogP contribution in [0.15, 0.2) is 12.1 Å². The lowest BCUT2D eigenvalue weighted by Gasteiger charge is -2.18. The van der Waals surface area contributed by atoms with Crippen molar-refractivity contribution in [3.63, 3.8) is 0 Å². The van der Waals surface area contributed by atoms with Gasteiger partial charge in [0.05, 0.1) is 17.1 Å². The normalized spacial score (nSPS) is 11.7. The Bertz CT molecular complexity index is 619. The maximum absolute atomic E-state index is 12.0. The first-order chi connectivity index (χ1) is 9.13. The first kappa shape index (κ1) is 17.0. The van der Waals surface area contributed by atoms with E-state index in [1.807, 2.05) is 0 Å². The molecular weight excluding hydrogens is 327 g/mol. The van der Waals surface area contributed by atoms with E-state index in [0.29, 0.717) is 5.02 Å². The molecule has 1 aromatic carbocycles. The van der Waals surface area contributed by atoms with E-state index in [-0.39, 0.29) is 23.7 Å². The number of carbonyl (C=O) groups is 1. The molecule has 0 unspecified atom stereocenters. The standard InChI is InChI=1S/C11H14Cl2N2O4S/c1-7-5-9(13)10(6-8(7)12)14-20(18,19)15(2)4-3-11(16)17/h5-6,14H,3-4H2,1-2H3,(H,16,17). The lowest BCUT2D eigenvalue weighted by atomic mass is 10.2. The minimum absolute atomic E-state index is 0.143. The number of rotatable bonds is 6. The van der Waals surface area contributed by atoms with Crippen LogP contribution < -0.4 is 4.72 Å². The van der Waals surface area contributed by atoms with Gasteiger partial charge in [0.1, 0.15) is 0 Å². The number of nitrogens with one attached hydrogen (secondary N) is 1. The summed E-state index contributed by atoms with van der Waals surface area (Å²) in [4.78, 5) is 10.4. The Morgan fingerprint density at radius 3 is 2.50 bits per heavy atom. The fraction of sp³-hybridized carbons (Fsp3) is 0.364. The number of nitrogens with zero attached hydrogens (tertiary/aromatic N) is 1. The van der Waals surface area contributed by atoms with Crippen LogP contribution in [0, 0.1) is 6.92 Å². The Morgan fingerprint density at radius 1 is 1.35 bits per heavy atom. The number of carboxylic acid groups (broad SMARTS) is 1. The number of anilines is 1. The minimum atomic E-state index is -3.88. The molecule has 9 heteroatoms. The highest BCUT2D eigenvalue weighted by atomic mass is 35.5. The Balaban J connectivity index is 2.91. The molecule has 112 valence electrons. The molecule has 0 aliphatic heterocycles. The highest BCUT2D eigenvalue weighted by molar-refractivity contribution is 7.90. The van der Waals surface area contributed by atoms with Crippen molar-refractivity contribution in [3.8, 4) is 0 Å². The summed E-state index contributed by atoms with van der Waals surface area (Å²) in [5.41, 5.74) is 0.864. The van der Waals surface area contributed by atoms with Crippen LogP contribution in [0.3, 0.4) is 0 Å². The van der Waals surface area contributed by atoms with E-state index in [1.54, 1.807) is 13.0 Å². The van der Waals surface area contributed by atoms with Gasteiger partial charge in [-0.15, -0.1) is 0 Å². The second kappa shape index (κ2) is 6.62. The monoisotopic (exact) mass is 340 g/mol. The molecule has 0 spiro atoms. The zero-order valence-electron chi connectivity index (χ0n) is 10.9. The largest absolute Gasteiger partial charge is 0.481 e. The summed E-state index contributed by atoms with van der Waals surface area (Å²) >= 11 is 11.9. The number of hydrogen-bond donors (Lipinski definition) is 2. The Hall–Kier alpha value is -1.02. The van der Waals surface area contributed by atoms with Crippen LogP contribution in [0.2, 0.25) is 10.0 Å². The van der Waals surface area contributed by atoms with Crippen molar-refractivity contribution < 1.29 is 18.3 Å². The SMILES string of the molecule is Cc1cc(Cl)c(NS(=O)(=O)N(C)CCC(=O)O)cc1Cl. The number of hydrogen-bond acceptors (Lipinski definition) is 3. The van der Waals surface area contributed by atoms with Crippen LogP contribution in [-0.4, -0.2) is 37.4 Å². The van der Waals surface area contributed by atoms with Gasteiger partial charge in [0.25, 0.3) is 0 Å². The molecule has 1 aromatic rings. The van der Waals surface area contributed by atoms with E-state index < -0.39 is 16.2 Å². The van der Waals surface area contributed by atoms with Crippen molar-refractivity contribution in [2.75, 3.05) is 18.3 Å². The van der Waals surface area contributed by atoms with Crippen LogP contribution in [0.5, 0.6) is 0 Å². The number of aryl methyl sites for hydroxylation is 1. The summed E-state index contributed by atoms with van der Waals surface area (Å²) in [6.45, 7) is 1.59.